The molecule has 0 aliphatic heterocycles. The molecule has 136 valence electrons. The fraction of sp³-hybridized carbons (Fsp3) is 0.174. The fourth-order valence-electron chi connectivity index (χ4n) is 3.56. The van der Waals surface area contributed by atoms with Crippen LogP contribution in [0.15, 0.2) is 66.7 Å². The second-order valence-corrected chi connectivity index (χ2v) is 6.90. The highest BCUT2D eigenvalue weighted by Gasteiger charge is 2.18. The molecule has 0 heterocycles. The summed E-state index contributed by atoms with van der Waals surface area (Å²) in [5, 5.41) is 6.12. The van der Waals surface area contributed by atoms with Gasteiger partial charge >= 0.3 is 0 Å². The Morgan fingerprint density at radius 3 is 2.56 bits per heavy atom. The monoisotopic (exact) mass is 360 g/mol. The van der Waals surface area contributed by atoms with Crippen molar-refractivity contribution in [3.05, 3.63) is 89.2 Å². The van der Waals surface area contributed by atoms with Crippen LogP contribution in [0, 0.1) is 5.82 Å². The zero-order valence-electron chi connectivity index (χ0n) is 15.1. The number of halogens is 1. The van der Waals surface area contributed by atoms with Gasteiger partial charge in [-0.3, -0.25) is 4.79 Å². The minimum Gasteiger partial charge on any atom is -0.376 e. The zero-order chi connectivity index (χ0) is 18.8. The van der Waals surface area contributed by atoms with Crippen molar-refractivity contribution in [1.82, 2.24) is 5.32 Å². The first-order valence-electron chi connectivity index (χ1n) is 9.10. The fourth-order valence-corrected chi connectivity index (χ4v) is 3.56. The lowest BCUT2D eigenvalue weighted by Gasteiger charge is -2.15. The number of amides is 1. The Morgan fingerprint density at radius 1 is 1.00 bits per heavy atom. The molecule has 1 atom stereocenters. The summed E-state index contributed by atoms with van der Waals surface area (Å²) in [6.45, 7) is 2.08. The molecule has 0 aromatic heterocycles. The van der Waals surface area contributed by atoms with Crippen LogP contribution in [0.5, 0.6) is 0 Å². The van der Waals surface area contributed by atoms with E-state index in [4.69, 9.17) is 0 Å². The number of carbonyl (C=O) groups is 1. The van der Waals surface area contributed by atoms with Gasteiger partial charge in [0, 0.05) is 5.69 Å². The van der Waals surface area contributed by atoms with E-state index in [-0.39, 0.29) is 24.3 Å². The number of nitrogens with one attached hydrogen (secondary N) is 2. The molecule has 0 spiro atoms. The number of carbonyl (C=O) groups excluding carboxylic acids is 1. The molecular weight excluding hydrogens is 339 g/mol. The number of hydrogen-bond acceptors (Lipinski definition) is 2. The molecular formula is C23H21FN2O. The number of hydrogen-bond donors (Lipinski definition) is 2. The van der Waals surface area contributed by atoms with Crippen LogP contribution in [0.4, 0.5) is 10.1 Å². The summed E-state index contributed by atoms with van der Waals surface area (Å²) in [5.74, 6) is -0.381. The van der Waals surface area contributed by atoms with Gasteiger partial charge in [-0.2, -0.15) is 0 Å². The van der Waals surface area contributed by atoms with E-state index in [1.54, 1.807) is 12.1 Å². The van der Waals surface area contributed by atoms with Crippen LogP contribution in [0.25, 0.3) is 11.1 Å². The van der Waals surface area contributed by atoms with E-state index in [0.717, 1.165) is 17.7 Å². The van der Waals surface area contributed by atoms with E-state index in [0.29, 0.717) is 0 Å². The van der Waals surface area contributed by atoms with Crippen molar-refractivity contribution in [1.29, 1.82) is 0 Å². The molecule has 3 aromatic carbocycles. The molecule has 1 aliphatic carbocycles. The summed E-state index contributed by atoms with van der Waals surface area (Å²) in [6.07, 6.45) is 0.925. The first-order chi connectivity index (χ1) is 13.1. The summed E-state index contributed by atoms with van der Waals surface area (Å²) in [4.78, 5) is 12.2. The quantitative estimate of drug-likeness (QED) is 0.542. The molecule has 4 rings (SSSR count). The highest BCUT2D eigenvalue weighted by Crippen LogP contribution is 2.37. The van der Waals surface area contributed by atoms with Crippen molar-refractivity contribution >= 4 is 11.6 Å². The molecule has 0 saturated carbocycles. The van der Waals surface area contributed by atoms with E-state index in [1.165, 1.54) is 34.4 Å². The second-order valence-electron chi connectivity index (χ2n) is 6.90. The van der Waals surface area contributed by atoms with Gasteiger partial charge < -0.3 is 10.6 Å². The van der Waals surface area contributed by atoms with Crippen LogP contribution >= 0.6 is 0 Å². The highest BCUT2D eigenvalue weighted by atomic mass is 19.1. The Morgan fingerprint density at radius 2 is 1.74 bits per heavy atom. The molecule has 1 aliphatic rings. The van der Waals surface area contributed by atoms with E-state index in [9.17, 15) is 9.18 Å². The van der Waals surface area contributed by atoms with E-state index >= 15 is 0 Å². The Balaban J connectivity index is 1.36. The molecule has 4 heteroatoms. The molecule has 1 amide bonds. The molecule has 2 N–H and O–H groups in total. The lowest BCUT2D eigenvalue weighted by atomic mass is 10.1. The smallest absolute Gasteiger partial charge is 0.239 e. The molecule has 0 saturated heterocycles. The Bertz CT molecular complexity index is 982. The third-order valence-corrected chi connectivity index (χ3v) is 4.99. The average Bonchev–Trinajstić information content (AvgIpc) is 3.04. The zero-order valence-corrected chi connectivity index (χ0v) is 15.1. The van der Waals surface area contributed by atoms with Crippen LogP contribution in [-0.4, -0.2) is 12.5 Å². The molecule has 27 heavy (non-hydrogen) atoms. The first-order valence-corrected chi connectivity index (χ1v) is 9.10. The number of rotatable bonds is 5. The van der Waals surface area contributed by atoms with Crippen molar-refractivity contribution in [3.63, 3.8) is 0 Å². The van der Waals surface area contributed by atoms with Gasteiger partial charge in [0.25, 0.3) is 0 Å². The summed E-state index contributed by atoms with van der Waals surface area (Å²) >= 11 is 0. The van der Waals surface area contributed by atoms with Gasteiger partial charge in [0.05, 0.1) is 12.6 Å². The summed E-state index contributed by atoms with van der Waals surface area (Å²) < 4.78 is 13.0. The largest absolute Gasteiger partial charge is 0.376 e. The summed E-state index contributed by atoms with van der Waals surface area (Å²) in [5.41, 5.74) is 7.00. The van der Waals surface area contributed by atoms with E-state index < -0.39 is 0 Å². The second kappa shape index (κ2) is 7.23. The van der Waals surface area contributed by atoms with Crippen LogP contribution in [0.1, 0.15) is 29.7 Å². The molecule has 3 aromatic rings. The summed E-state index contributed by atoms with van der Waals surface area (Å²) in [6, 6.07) is 20.7. The third-order valence-electron chi connectivity index (χ3n) is 4.99. The number of fused-ring (bicyclic) bond motifs is 3. The maximum Gasteiger partial charge on any atom is 0.239 e. The first kappa shape index (κ1) is 17.3. The lowest BCUT2D eigenvalue weighted by Crippen LogP contribution is -2.32. The van der Waals surface area contributed by atoms with Crippen LogP contribution in [0.3, 0.4) is 0 Å². The maximum absolute atomic E-state index is 13.0. The predicted octanol–water partition coefficient (Wildman–Crippen LogP) is 4.69. The molecule has 0 bridgehead atoms. The average molecular weight is 360 g/mol. The van der Waals surface area contributed by atoms with Gasteiger partial charge in [-0.05, 0) is 65.4 Å². The van der Waals surface area contributed by atoms with Crippen molar-refractivity contribution in [3.8, 4) is 11.1 Å². The van der Waals surface area contributed by atoms with Crippen molar-refractivity contribution in [2.75, 3.05) is 11.9 Å². The van der Waals surface area contributed by atoms with Crippen LogP contribution in [0.2, 0.25) is 0 Å². The molecule has 1 unspecified atom stereocenters. The van der Waals surface area contributed by atoms with Gasteiger partial charge in [0.2, 0.25) is 5.91 Å². The van der Waals surface area contributed by atoms with Gasteiger partial charge in [-0.15, -0.1) is 0 Å². The Hall–Kier alpha value is -3.14. The van der Waals surface area contributed by atoms with Crippen LogP contribution < -0.4 is 10.6 Å². The van der Waals surface area contributed by atoms with Gasteiger partial charge in [-0.25, -0.2) is 4.39 Å². The minimum absolute atomic E-state index is 0.101. The highest BCUT2D eigenvalue weighted by molar-refractivity contribution is 5.82. The van der Waals surface area contributed by atoms with E-state index in [1.807, 2.05) is 13.0 Å². The predicted molar refractivity (Wildman–Crippen MR) is 106 cm³/mol. The topological polar surface area (TPSA) is 41.1 Å². The third kappa shape index (κ3) is 3.70. The molecule has 0 fully saturated rings. The minimum atomic E-state index is -0.280. The van der Waals surface area contributed by atoms with Crippen molar-refractivity contribution < 1.29 is 9.18 Å². The van der Waals surface area contributed by atoms with Crippen molar-refractivity contribution in [2.24, 2.45) is 0 Å². The molecule has 0 radical (unpaired) electrons. The van der Waals surface area contributed by atoms with Gasteiger partial charge in [-0.1, -0.05) is 42.5 Å². The normalized spacial score (nSPS) is 12.8. The van der Waals surface area contributed by atoms with E-state index in [2.05, 4.69) is 47.0 Å². The standard InChI is InChI=1S/C23H21FN2O/c1-15(16-6-8-19(24)9-7-16)26-23(27)14-25-20-10-11-22-18(13-20)12-17-4-2-3-5-21(17)22/h2-11,13,15,25H,12,14H2,1H3,(H,26,27). The summed E-state index contributed by atoms with van der Waals surface area (Å²) in [7, 11) is 0. The van der Waals surface area contributed by atoms with Crippen molar-refractivity contribution in [2.45, 2.75) is 19.4 Å². The maximum atomic E-state index is 13.0. The van der Waals surface area contributed by atoms with Gasteiger partial charge in [0.15, 0.2) is 0 Å². The SMILES string of the molecule is CC(NC(=O)CNc1ccc2c(c1)Cc1ccccc1-2)c1ccc(F)cc1. The Labute approximate surface area is 158 Å². The van der Waals surface area contributed by atoms with Gasteiger partial charge in [0.1, 0.15) is 5.82 Å². The lowest BCUT2D eigenvalue weighted by molar-refractivity contribution is -0.120. The van der Waals surface area contributed by atoms with Crippen LogP contribution in [-0.2, 0) is 11.2 Å². The number of benzene rings is 3. The molecule has 3 nitrogen and oxygen atoms in total. The number of anilines is 1. The Kier molecular flexibility index (Phi) is 4.63.